The molecule has 1 aromatic carbocycles. The lowest BCUT2D eigenvalue weighted by Gasteiger charge is -2.36. The Morgan fingerprint density at radius 2 is 1.97 bits per heavy atom. The molecule has 166 valence electrons. The predicted molar refractivity (Wildman–Crippen MR) is 124 cm³/mol. The Morgan fingerprint density at radius 1 is 1.19 bits per heavy atom. The van der Waals surface area contributed by atoms with Crippen molar-refractivity contribution in [2.75, 3.05) is 43.4 Å². The van der Waals surface area contributed by atoms with Crippen LogP contribution in [0.1, 0.15) is 12.5 Å². The summed E-state index contributed by atoms with van der Waals surface area (Å²) in [6.07, 6.45) is 1.67. The van der Waals surface area contributed by atoms with Crippen molar-refractivity contribution in [3.05, 3.63) is 35.8 Å². The SMILES string of the molecule is CC#CC(N)=Nc1nc(N)nc2c1cnn2CCN1CCN(c2ccc(C)cc2F)CC1. The van der Waals surface area contributed by atoms with Gasteiger partial charge in [0.15, 0.2) is 17.3 Å². The molecule has 0 bridgehead atoms. The monoisotopic (exact) mass is 435 g/mol. The van der Waals surface area contributed by atoms with Gasteiger partial charge in [-0.15, -0.1) is 0 Å². The number of fused-ring (bicyclic) bond motifs is 1. The molecule has 0 saturated carbocycles. The number of aliphatic imine (C=N–C) groups is 1. The van der Waals surface area contributed by atoms with E-state index in [2.05, 4.69) is 41.7 Å². The highest BCUT2D eigenvalue weighted by atomic mass is 19.1. The van der Waals surface area contributed by atoms with Gasteiger partial charge in [-0.05, 0) is 37.5 Å². The summed E-state index contributed by atoms with van der Waals surface area (Å²) < 4.78 is 16.1. The molecule has 0 aliphatic carbocycles. The number of anilines is 2. The number of aryl methyl sites for hydroxylation is 1. The van der Waals surface area contributed by atoms with Crippen LogP contribution in [0.25, 0.3) is 11.0 Å². The number of aromatic nitrogens is 4. The molecule has 1 fully saturated rings. The van der Waals surface area contributed by atoms with Gasteiger partial charge < -0.3 is 16.4 Å². The number of nitrogens with zero attached hydrogens (tertiary/aromatic N) is 7. The summed E-state index contributed by atoms with van der Waals surface area (Å²) in [5, 5.41) is 5.11. The Morgan fingerprint density at radius 3 is 2.69 bits per heavy atom. The third kappa shape index (κ3) is 4.63. The minimum atomic E-state index is -0.164. The van der Waals surface area contributed by atoms with Gasteiger partial charge in [-0.2, -0.15) is 15.1 Å². The molecule has 1 saturated heterocycles. The number of piperazine rings is 1. The Balaban J connectivity index is 1.42. The molecule has 10 heteroatoms. The van der Waals surface area contributed by atoms with Crippen LogP contribution in [-0.4, -0.2) is 63.2 Å². The topological polar surface area (TPSA) is 114 Å². The van der Waals surface area contributed by atoms with E-state index in [1.165, 1.54) is 0 Å². The first-order valence-electron chi connectivity index (χ1n) is 10.4. The van der Waals surface area contributed by atoms with E-state index in [-0.39, 0.29) is 17.6 Å². The van der Waals surface area contributed by atoms with Gasteiger partial charge in [0.05, 0.1) is 23.8 Å². The van der Waals surface area contributed by atoms with Crippen molar-refractivity contribution in [3.8, 4) is 11.8 Å². The van der Waals surface area contributed by atoms with Crippen molar-refractivity contribution in [3.63, 3.8) is 0 Å². The van der Waals surface area contributed by atoms with Crippen molar-refractivity contribution in [1.29, 1.82) is 0 Å². The van der Waals surface area contributed by atoms with Crippen LogP contribution >= 0.6 is 0 Å². The Kier molecular flexibility index (Phi) is 6.18. The van der Waals surface area contributed by atoms with Gasteiger partial charge in [0.25, 0.3) is 0 Å². The third-order valence-corrected chi connectivity index (χ3v) is 5.42. The maximum atomic E-state index is 14.3. The van der Waals surface area contributed by atoms with Crippen LogP contribution in [0, 0.1) is 24.6 Å². The summed E-state index contributed by atoms with van der Waals surface area (Å²) in [6.45, 7) is 8.21. The van der Waals surface area contributed by atoms with Crippen LogP contribution in [0.3, 0.4) is 0 Å². The van der Waals surface area contributed by atoms with Gasteiger partial charge in [0, 0.05) is 32.7 Å². The molecule has 32 heavy (non-hydrogen) atoms. The van der Waals surface area contributed by atoms with Crippen molar-refractivity contribution in [2.45, 2.75) is 20.4 Å². The Labute approximate surface area is 185 Å². The van der Waals surface area contributed by atoms with Gasteiger partial charge in [-0.3, -0.25) is 4.90 Å². The molecule has 0 atom stereocenters. The number of benzene rings is 1. The first kappa shape index (κ1) is 21.5. The summed E-state index contributed by atoms with van der Waals surface area (Å²) in [5.41, 5.74) is 13.9. The molecular formula is C22H26FN9. The zero-order valence-electron chi connectivity index (χ0n) is 18.2. The maximum absolute atomic E-state index is 14.3. The maximum Gasteiger partial charge on any atom is 0.224 e. The van der Waals surface area contributed by atoms with Gasteiger partial charge in [-0.25, -0.2) is 14.1 Å². The molecule has 0 spiro atoms. The van der Waals surface area contributed by atoms with Crippen molar-refractivity contribution in [2.24, 2.45) is 10.7 Å². The number of nitrogen functional groups attached to an aromatic ring is 1. The molecule has 3 heterocycles. The molecule has 0 radical (unpaired) electrons. The van der Waals surface area contributed by atoms with E-state index in [4.69, 9.17) is 11.5 Å². The lowest BCUT2D eigenvalue weighted by atomic mass is 10.2. The highest BCUT2D eigenvalue weighted by molar-refractivity contribution is 6.00. The molecule has 1 aliphatic rings. The number of hydrogen-bond donors (Lipinski definition) is 2. The number of amidine groups is 1. The summed E-state index contributed by atoms with van der Waals surface area (Å²) in [6, 6.07) is 5.39. The van der Waals surface area contributed by atoms with E-state index in [0.29, 0.717) is 29.1 Å². The molecule has 0 amide bonds. The van der Waals surface area contributed by atoms with Gasteiger partial charge in [0.2, 0.25) is 5.95 Å². The number of hydrogen-bond acceptors (Lipinski definition) is 7. The van der Waals surface area contributed by atoms with Crippen LogP contribution in [-0.2, 0) is 6.54 Å². The Bertz CT molecular complexity index is 1210. The molecule has 4 rings (SSSR count). The van der Waals surface area contributed by atoms with Crippen molar-refractivity contribution >= 4 is 34.3 Å². The van der Waals surface area contributed by atoms with Crippen LogP contribution in [0.2, 0.25) is 0 Å². The first-order valence-corrected chi connectivity index (χ1v) is 10.4. The first-order chi connectivity index (χ1) is 15.4. The second-order valence-electron chi connectivity index (χ2n) is 7.67. The number of nitrogens with two attached hydrogens (primary N) is 2. The average molecular weight is 436 g/mol. The standard InChI is InChI=1S/C22H26FN9/c1-3-4-19(24)27-20-16-14-26-32(21(16)29-22(25)28-20)12-9-30-7-10-31(11-8-30)18-6-5-15(2)13-17(18)23/h5-6,13-14H,7-12H2,1-2H3,(H4,24,25,27,28,29). The second-order valence-corrected chi connectivity index (χ2v) is 7.67. The second kappa shape index (κ2) is 9.20. The normalized spacial score (nSPS) is 15.1. The van der Waals surface area contributed by atoms with E-state index in [9.17, 15) is 4.39 Å². The van der Waals surface area contributed by atoms with E-state index in [0.717, 1.165) is 38.3 Å². The fourth-order valence-electron chi connectivity index (χ4n) is 3.79. The van der Waals surface area contributed by atoms with Gasteiger partial charge >= 0.3 is 0 Å². The van der Waals surface area contributed by atoms with Gasteiger partial charge in [-0.1, -0.05) is 12.0 Å². The fourth-order valence-corrected chi connectivity index (χ4v) is 3.79. The highest BCUT2D eigenvalue weighted by Gasteiger charge is 2.20. The van der Waals surface area contributed by atoms with Crippen LogP contribution in [0.4, 0.5) is 21.8 Å². The quantitative estimate of drug-likeness (QED) is 0.356. The van der Waals surface area contributed by atoms with Crippen molar-refractivity contribution < 1.29 is 4.39 Å². The molecular weight excluding hydrogens is 409 g/mol. The van der Waals surface area contributed by atoms with Crippen LogP contribution in [0.5, 0.6) is 0 Å². The minimum absolute atomic E-state index is 0.101. The molecule has 1 aliphatic heterocycles. The van der Waals surface area contributed by atoms with Crippen LogP contribution in [0.15, 0.2) is 29.4 Å². The van der Waals surface area contributed by atoms with Gasteiger partial charge in [0.1, 0.15) is 5.82 Å². The minimum Gasteiger partial charge on any atom is -0.376 e. The van der Waals surface area contributed by atoms with E-state index in [1.54, 1.807) is 23.9 Å². The van der Waals surface area contributed by atoms with E-state index < -0.39 is 0 Å². The molecule has 4 N–H and O–H groups in total. The number of rotatable bonds is 5. The fraction of sp³-hybridized carbons (Fsp3) is 0.364. The predicted octanol–water partition coefficient (Wildman–Crippen LogP) is 1.69. The molecule has 3 aromatic rings. The number of halogens is 1. The largest absolute Gasteiger partial charge is 0.376 e. The average Bonchev–Trinajstić information content (AvgIpc) is 3.16. The summed E-state index contributed by atoms with van der Waals surface area (Å²) in [4.78, 5) is 17.2. The van der Waals surface area contributed by atoms with Crippen molar-refractivity contribution in [1.82, 2.24) is 24.6 Å². The molecule has 9 nitrogen and oxygen atoms in total. The zero-order chi connectivity index (χ0) is 22.7. The zero-order valence-corrected chi connectivity index (χ0v) is 18.2. The summed E-state index contributed by atoms with van der Waals surface area (Å²) in [7, 11) is 0. The molecule has 0 unspecified atom stereocenters. The smallest absolute Gasteiger partial charge is 0.224 e. The van der Waals surface area contributed by atoms with Crippen LogP contribution < -0.4 is 16.4 Å². The Hall–Kier alpha value is -3.71. The third-order valence-electron chi connectivity index (χ3n) is 5.42. The molecule has 2 aromatic heterocycles. The highest BCUT2D eigenvalue weighted by Crippen LogP contribution is 2.24. The van der Waals surface area contributed by atoms with E-state index >= 15 is 0 Å². The summed E-state index contributed by atoms with van der Waals surface area (Å²) in [5.74, 6) is 5.84. The summed E-state index contributed by atoms with van der Waals surface area (Å²) >= 11 is 0. The van der Waals surface area contributed by atoms with E-state index in [1.807, 2.05) is 19.1 Å². The lowest BCUT2D eigenvalue weighted by molar-refractivity contribution is 0.245. The lowest BCUT2D eigenvalue weighted by Crippen LogP contribution is -2.47.